The van der Waals surface area contributed by atoms with Crippen LogP contribution in [0.25, 0.3) is 11.3 Å². The first kappa shape index (κ1) is 17.5. The molecule has 0 spiro atoms. The minimum Gasteiger partial charge on any atom is -0.494 e. The van der Waals surface area contributed by atoms with Gasteiger partial charge in [-0.25, -0.2) is 14.0 Å². The van der Waals surface area contributed by atoms with Gasteiger partial charge in [0.2, 0.25) is 0 Å². The van der Waals surface area contributed by atoms with Gasteiger partial charge in [0.15, 0.2) is 11.6 Å². The summed E-state index contributed by atoms with van der Waals surface area (Å²) < 4.78 is 25.5. The maximum absolute atomic E-state index is 14.1. The Bertz CT molecular complexity index is 810. The molecule has 1 N–H and O–H groups in total. The molecular weight excluding hydrogens is 317 g/mol. The van der Waals surface area contributed by atoms with Crippen LogP contribution in [-0.2, 0) is 11.8 Å². The summed E-state index contributed by atoms with van der Waals surface area (Å²) in [4.78, 5) is 23.6. The third-order valence-electron chi connectivity index (χ3n) is 3.71. The molecule has 1 aromatic carbocycles. The molecule has 0 fully saturated rings. The molecule has 0 saturated heterocycles. The first-order chi connectivity index (χ1) is 11.3. The number of hydrogen-bond donors (Lipinski definition) is 1. The molecule has 1 aromatic heterocycles. The highest BCUT2D eigenvalue weighted by Crippen LogP contribution is 2.34. The number of rotatable bonds is 5. The highest BCUT2D eigenvalue weighted by atomic mass is 19.1. The fraction of sp³-hybridized carbons (Fsp3) is 0.294. The Labute approximate surface area is 138 Å². The number of hydrogen-bond acceptors (Lipinski definition) is 4. The number of benzene rings is 1. The molecule has 2 rings (SSSR count). The number of nitrogens with zero attached hydrogens (tertiary/aromatic N) is 1. The summed E-state index contributed by atoms with van der Waals surface area (Å²) in [6.45, 7) is 3.58. The van der Waals surface area contributed by atoms with Crippen molar-refractivity contribution >= 4 is 11.9 Å². The van der Waals surface area contributed by atoms with Crippen molar-refractivity contribution in [1.82, 2.24) is 4.57 Å². The van der Waals surface area contributed by atoms with Crippen LogP contribution in [0, 0.1) is 12.7 Å². The van der Waals surface area contributed by atoms with Gasteiger partial charge < -0.3 is 19.1 Å². The maximum atomic E-state index is 14.1. The predicted molar refractivity (Wildman–Crippen MR) is 85.0 cm³/mol. The molecule has 2 aromatic rings. The molecule has 24 heavy (non-hydrogen) atoms. The van der Waals surface area contributed by atoms with Crippen LogP contribution < -0.4 is 4.74 Å². The van der Waals surface area contributed by atoms with Crippen LogP contribution in [-0.4, -0.2) is 35.3 Å². The van der Waals surface area contributed by atoms with Crippen molar-refractivity contribution in [3.8, 4) is 17.0 Å². The lowest BCUT2D eigenvalue weighted by Crippen LogP contribution is -2.06. The topological polar surface area (TPSA) is 77.8 Å². The minimum absolute atomic E-state index is 0.118. The van der Waals surface area contributed by atoms with E-state index >= 15 is 0 Å². The van der Waals surface area contributed by atoms with E-state index in [4.69, 9.17) is 9.47 Å². The van der Waals surface area contributed by atoms with Crippen molar-refractivity contribution in [3.05, 3.63) is 40.8 Å². The minimum atomic E-state index is -1.22. The van der Waals surface area contributed by atoms with Gasteiger partial charge >= 0.3 is 11.9 Å². The molecule has 0 saturated carbocycles. The molecule has 0 radical (unpaired) electrons. The number of halogens is 1. The van der Waals surface area contributed by atoms with Gasteiger partial charge in [-0.1, -0.05) is 0 Å². The first-order valence-electron chi connectivity index (χ1n) is 7.26. The lowest BCUT2D eigenvalue weighted by molar-refractivity contribution is 0.0525. The SMILES string of the molecule is CCOC(=O)c1cn(C)c(-c2cc(F)c(OC)cc2C(=O)O)c1C. The van der Waals surface area contributed by atoms with Gasteiger partial charge in [0, 0.05) is 18.8 Å². The summed E-state index contributed by atoms with van der Waals surface area (Å²) in [6, 6.07) is 2.23. The number of ether oxygens (including phenoxy) is 2. The van der Waals surface area contributed by atoms with Crippen LogP contribution in [0.2, 0.25) is 0 Å². The van der Waals surface area contributed by atoms with E-state index in [1.165, 1.54) is 13.3 Å². The van der Waals surface area contributed by atoms with Crippen LogP contribution in [0.1, 0.15) is 33.2 Å². The summed E-state index contributed by atoms with van der Waals surface area (Å²) >= 11 is 0. The number of aromatic nitrogens is 1. The second kappa shape index (κ2) is 6.74. The van der Waals surface area contributed by atoms with Crippen molar-refractivity contribution in [2.45, 2.75) is 13.8 Å². The van der Waals surface area contributed by atoms with Crippen molar-refractivity contribution in [3.63, 3.8) is 0 Å². The Morgan fingerprint density at radius 1 is 1.29 bits per heavy atom. The van der Waals surface area contributed by atoms with Crippen molar-refractivity contribution in [2.24, 2.45) is 7.05 Å². The quantitative estimate of drug-likeness (QED) is 0.850. The molecular formula is C17H18FNO5. The molecule has 0 aliphatic carbocycles. The average Bonchev–Trinajstić information content (AvgIpc) is 2.81. The fourth-order valence-electron chi connectivity index (χ4n) is 2.64. The number of esters is 1. The van der Waals surface area contributed by atoms with Crippen LogP contribution >= 0.6 is 0 Å². The van der Waals surface area contributed by atoms with Gasteiger partial charge in [0.1, 0.15) is 0 Å². The summed E-state index contributed by atoms with van der Waals surface area (Å²) in [7, 11) is 2.91. The highest BCUT2D eigenvalue weighted by molar-refractivity contribution is 5.99. The standard InChI is InChI=1S/C17H18FNO5/c1-5-24-17(22)12-8-19(3)15(9(12)2)10-6-13(18)14(23-4)7-11(10)16(20)21/h6-8H,5H2,1-4H3,(H,20,21). The average molecular weight is 335 g/mol. The van der Waals surface area contributed by atoms with Gasteiger partial charge in [-0.2, -0.15) is 0 Å². The molecule has 1 heterocycles. The van der Waals surface area contributed by atoms with E-state index in [0.29, 0.717) is 16.8 Å². The molecule has 0 amide bonds. The second-order valence-corrected chi connectivity index (χ2v) is 5.19. The zero-order valence-corrected chi connectivity index (χ0v) is 13.8. The van der Waals surface area contributed by atoms with Gasteiger partial charge in [-0.3, -0.25) is 0 Å². The zero-order valence-electron chi connectivity index (χ0n) is 13.8. The zero-order chi connectivity index (χ0) is 18.0. The van der Waals surface area contributed by atoms with E-state index < -0.39 is 17.8 Å². The van der Waals surface area contributed by atoms with E-state index in [1.807, 2.05) is 0 Å². The summed E-state index contributed by atoms with van der Waals surface area (Å²) in [5.41, 5.74) is 1.30. The Balaban J connectivity index is 2.71. The molecule has 0 atom stereocenters. The summed E-state index contributed by atoms with van der Waals surface area (Å²) in [5, 5.41) is 9.44. The van der Waals surface area contributed by atoms with Gasteiger partial charge in [0.25, 0.3) is 0 Å². The van der Waals surface area contributed by atoms with Crippen LogP contribution in [0.4, 0.5) is 4.39 Å². The van der Waals surface area contributed by atoms with Gasteiger partial charge in [-0.15, -0.1) is 0 Å². The van der Waals surface area contributed by atoms with E-state index in [9.17, 15) is 19.1 Å². The van der Waals surface area contributed by atoms with Crippen molar-refractivity contribution in [2.75, 3.05) is 13.7 Å². The fourth-order valence-corrected chi connectivity index (χ4v) is 2.64. The number of carboxylic acids is 1. The van der Waals surface area contributed by atoms with E-state index in [-0.39, 0.29) is 23.5 Å². The lowest BCUT2D eigenvalue weighted by Gasteiger charge is -2.12. The van der Waals surface area contributed by atoms with E-state index in [2.05, 4.69) is 0 Å². The number of carboxylic acid groups (broad SMARTS) is 1. The third-order valence-corrected chi connectivity index (χ3v) is 3.71. The molecule has 0 aliphatic heterocycles. The number of aryl methyl sites for hydroxylation is 1. The van der Waals surface area contributed by atoms with Crippen LogP contribution in [0.5, 0.6) is 5.75 Å². The number of carbonyl (C=O) groups excluding carboxylic acids is 1. The monoisotopic (exact) mass is 335 g/mol. The van der Waals surface area contributed by atoms with Gasteiger partial charge in [-0.05, 0) is 31.5 Å². The Morgan fingerprint density at radius 2 is 1.96 bits per heavy atom. The number of aromatic carboxylic acids is 1. The molecule has 0 unspecified atom stereocenters. The van der Waals surface area contributed by atoms with E-state index in [0.717, 1.165) is 12.1 Å². The van der Waals surface area contributed by atoms with Crippen molar-refractivity contribution < 1.29 is 28.6 Å². The van der Waals surface area contributed by atoms with Crippen LogP contribution in [0.3, 0.4) is 0 Å². The Morgan fingerprint density at radius 3 is 2.50 bits per heavy atom. The molecule has 0 aliphatic rings. The number of carbonyl (C=O) groups is 2. The highest BCUT2D eigenvalue weighted by Gasteiger charge is 2.24. The third kappa shape index (κ3) is 2.97. The van der Waals surface area contributed by atoms with Gasteiger partial charge in [0.05, 0.1) is 30.5 Å². The molecule has 7 heteroatoms. The Kier molecular flexibility index (Phi) is 4.92. The normalized spacial score (nSPS) is 10.5. The molecule has 6 nitrogen and oxygen atoms in total. The molecule has 0 bridgehead atoms. The molecule has 128 valence electrons. The Hall–Kier alpha value is -2.83. The van der Waals surface area contributed by atoms with E-state index in [1.54, 1.807) is 25.5 Å². The maximum Gasteiger partial charge on any atom is 0.339 e. The van der Waals surface area contributed by atoms with Crippen molar-refractivity contribution in [1.29, 1.82) is 0 Å². The summed E-state index contributed by atoms with van der Waals surface area (Å²) in [6.07, 6.45) is 1.54. The second-order valence-electron chi connectivity index (χ2n) is 5.19. The predicted octanol–water partition coefficient (Wildman–Crippen LogP) is 3.02. The lowest BCUT2D eigenvalue weighted by atomic mass is 9.99. The number of methoxy groups -OCH3 is 1. The smallest absolute Gasteiger partial charge is 0.339 e. The largest absolute Gasteiger partial charge is 0.494 e. The van der Waals surface area contributed by atoms with Crippen LogP contribution in [0.15, 0.2) is 18.3 Å². The first-order valence-corrected chi connectivity index (χ1v) is 7.26. The summed E-state index contributed by atoms with van der Waals surface area (Å²) in [5.74, 6) is -2.58.